The zero-order chi connectivity index (χ0) is 23.0. The SMILES string of the molecule is CCc1ccc(S(=O)(=O)c2nnn3c2nc(NC2CCCCCC2)c2cc(Cl)ccc23)cc1. The molecular formula is C24H26ClN5O2S. The van der Waals surface area contributed by atoms with E-state index in [-0.39, 0.29) is 21.6 Å². The molecule has 7 nitrogen and oxygen atoms in total. The third-order valence-corrected chi connectivity index (χ3v) is 8.27. The molecule has 0 radical (unpaired) electrons. The lowest BCUT2D eigenvalue weighted by molar-refractivity contribution is 0.592. The number of benzene rings is 2. The fourth-order valence-electron chi connectivity index (χ4n) is 4.49. The van der Waals surface area contributed by atoms with Crippen molar-refractivity contribution in [2.24, 2.45) is 0 Å². The molecule has 0 bridgehead atoms. The molecule has 2 aromatic carbocycles. The number of aromatic nitrogens is 4. The molecule has 2 heterocycles. The van der Waals surface area contributed by atoms with Gasteiger partial charge in [0.15, 0.2) is 5.65 Å². The zero-order valence-corrected chi connectivity index (χ0v) is 20.0. The molecule has 172 valence electrons. The first-order valence-electron chi connectivity index (χ1n) is 11.4. The van der Waals surface area contributed by atoms with E-state index in [1.165, 1.54) is 30.2 Å². The summed E-state index contributed by atoms with van der Waals surface area (Å²) in [5.41, 5.74) is 1.98. The number of anilines is 1. The van der Waals surface area contributed by atoms with E-state index in [0.717, 1.165) is 30.2 Å². The van der Waals surface area contributed by atoms with Crippen LogP contribution >= 0.6 is 11.6 Å². The van der Waals surface area contributed by atoms with Crippen LogP contribution in [0, 0.1) is 0 Å². The van der Waals surface area contributed by atoms with Crippen LogP contribution in [0.2, 0.25) is 5.02 Å². The van der Waals surface area contributed by atoms with Crippen molar-refractivity contribution >= 4 is 43.8 Å². The molecule has 0 amide bonds. The Hall–Kier alpha value is -2.71. The van der Waals surface area contributed by atoms with E-state index in [1.807, 2.05) is 31.2 Å². The average molecular weight is 484 g/mol. The van der Waals surface area contributed by atoms with Crippen molar-refractivity contribution in [1.82, 2.24) is 19.8 Å². The number of rotatable bonds is 5. The minimum Gasteiger partial charge on any atom is -0.367 e. The number of hydrogen-bond acceptors (Lipinski definition) is 6. The van der Waals surface area contributed by atoms with E-state index in [4.69, 9.17) is 16.6 Å². The van der Waals surface area contributed by atoms with Crippen LogP contribution in [0.4, 0.5) is 5.82 Å². The summed E-state index contributed by atoms with van der Waals surface area (Å²) in [5, 5.41) is 13.0. The van der Waals surface area contributed by atoms with E-state index in [2.05, 4.69) is 15.6 Å². The molecule has 2 aromatic heterocycles. The van der Waals surface area contributed by atoms with E-state index in [1.54, 1.807) is 18.2 Å². The number of fused-ring (bicyclic) bond motifs is 3. The molecule has 33 heavy (non-hydrogen) atoms. The van der Waals surface area contributed by atoms with Gasteiger partial charge in [0.1, 0.15) is 5.82 Å². The summed E-state index contributed by atoms with van der Waals surface area (Å²) in [7, 11) is -3.89. The Morgan fingerprint density at radius 1 is 1.06 bits per heavy atom. The molecule has 0 saturated heterocycles. The Bertz CT molecular complexity index is 1410. The van der Waals surface area contributed by atoms with Gasteiger partial charge < -0.3 is 5.32 Å². The molecule has 1 saturated carbocycles. The molecule has 0 aliphatic heterocycles. The Morgan fingerprint density at radius 2 is 1.79 bits per heavy atom. The number of halogens is 1. The first kappa shape index (κ1) is 22.1. The summed E-state index contributed by atoms with van der Waals surface area (Å²) >= 11 is 6.30. The van der Waals surface area contributed by atoms with Crippen molar-refractivity contribution in [2.75, 3.05) is 5.32 Å². The molecule has 1 aliphatic rings. The minimum absolute atomic E-state index is 0.146. The van der Waals surface area contributed by atoms with Gasteiger partial charge in [-0.05, 0) is 55.2 Å². The lowest BCUT2D eigenvalue weighted by atomic mass is 10.1. The smallest absolute Gasteiger partial charge is 0.229 e. The van der Waals surface area contributed by atoms with Crippen LogP contribution < -0.4 is 5.32 Å². The summed E-state index contributed by atoms with van der Waals surface area (Å²) in [5.74, 6) is 0.618. The third kappa shape index (κ3) is 4.17. The van der Waals surface area contributed by atoms with Gasteiger partial charge in [-0.15, -0.1) is 5.10 Å². The second-order valence-corrected chi connectivity index (χ2v) is 10.9. The number of aryl methyl sites for hydroxylation is 1. The molecule has 9 heteroatoms. The lowest BCUT2D eigenvalue weighted by Gasteiger charge is -2.18. The normalized spacial score (nSPS) is 15.7. The largest absolute Gasteiger partial charge is 0.367 e. The van der Waals surface area contributed by atoms with Crippen molar-refractivity contribution in [3.8, 4) is 0 Å². The van der Waals surface area contributed by atoms with Crippen molar-refractivity contribution in [1.29, 1.82) is 0 Å². The monoisotopic (exact) mass is 483 g/mol. The first-order chi connectivity index (χ1) is 16.0. The quantitative estimate of drug-likeness (QED) is 0.379. The first-order valence-corrected chi connectivity index (χ1v) is 13.3. The highest BCUT2D eigenvalue weighted by molar-refractivity contribution is 7.91. The minimum atomic E-state index is -3.89. The van der Waals surface area contributed by atoms with Crippen LogP contribution in [-0.4, -0.2) is 34.3 Å². The highest BCUT2D eigenvalue weighted by atomic mass is 35.5. The van der Waals surface area contributed by atoms with Crippen molar-refractivity contribution in [3.63, 3.8) is 0 Å². The molecule has 0 unspecified atom stereocenters. The topological polar surface area (TPSA) is 89.2 Å². The van der Waals surface area contributed by atoms with E-state index >= 15 is 0 Å². The summed E-state index contributed by atoms with van der Waals surface area (Å²) < 4.78 is 28.4. The highest BCUT2D eigenvalue weighted by Gasteiger charge is 2.27. The van der Waals surface area contributed by atoms with Crippen LogP contribution in [0.3, 0.4) is 0 Å². The van der Waals surface area contributed by atoms with Crippen LogP contribution in [0.1, 0.15) is 51.0 Å². The van der Waals surface area contributed by atoms with Crippen LogP contribution in [-0.2, 0) is 16.3 Å². The summed E-state index contributed by atoms with van der Waals surface area (Å²) in [4.78, 5) is 4.92. The Kier molecular flexibility index (Phi) is 5.97. The number of sulfone groups is 1. The maximum atomic E-state index is 13.4. The molecule has 5 rings (SSSR count). The van der Waals surface area contributed by atoms with Gasteiger partial charge in [-0.2, -0.15) is 4.52 Å². The maximum absolute atomic E-state index is 13.4. The standard InChI is InChI=1S/C24H26ClN5O2S/c1-2-16-9-12-19(13-10-16)33(31,32)24-23-27-22(26-18-7-5-3-4-6-8-18)20-15-17(25)11-14-21(20)30(23)29-28-24/h9-15,18H,2-8H2,1H3,(H,26,27). The van der Waals surface area contributed by atoms with Gasteiger partial charge in [-0.3, -0.25) is 0 Å². The van der Waals surface area contributed by atoms with Crippen LogP contribution in [0.5, 0.6) is 0 Å². The van der Waals surface area contributed by atoms with Crippen LogP contribution in [0.15, 0.2) is 52.4 Å². The van der Waals surface area contributed by atoms with Gasteiger partial charge in [0.2, 0.25) is 14.9 Å². The van der Waals surface area contributed by atoms with Gasteiger partial charge in [0.25, 0.3) is 0 Å². The number of nitrogens with one attached hydrogen (secondary N) is 1. The fourth-order valence-corrected chi connectivity index (χ4v) is 5.89. The third-order valence-electron chi connectivity index (χ3n) is 6.37. The second kappa shape index (κ2) is 8.91. The molecule has 1 fully saturated rings. The zero-order valence-electron chi connectivity index (χ0n) is 18.5. The molecule has 0 spiro atoms. The van der Waals surface area contributed by atoms with E-state index in [9.17, 15) is 8.42 Å². The molecular weight excluding hydrogens is 458 g/mol. The summed E-state index contributed by atoms with van der Waals surface area (Å²) in [6.07, 6.45) is 7.76. The lowest BCUT2D eigenvalue weighted by Crippen LogP contribution is -2.19. The summed E-state index contributed by atoms with van der Waals surface area (Å²) in [6.45, 7) is 2.03. The van der Waals surface area contributed by atoms with Gasteiger partial charge in [-0.1, -0.05) is 61.6 Å². The Balaban J connectivity index is 1.66. The van der Waals surface area contributed by atoms with Crippen molar-refractivity contribution < 1.29 is 8.42 Å². The molecule has 4 aromatic rings. The average Bonchev–Trinajstić information content (AvgIpc) is 3.09. The number of hydrogen-bond donors (Lipinski definition) is 1. The molecule has 0 atom stereocenters. The van der Waals surface area contributed by atoms with Crippen molar-refractivity contribution in [2.45, 2.75) is 67.8 Å². The van der Waals surface area contributed by atoms with Gasteiger partial charge >= 0.3 is 0 Å². The fraction of sp³-hybridized carbons (Fsp3) is 0.375. The maximum Gasteiger partial charge on any atom is 0.229 e. The Morgan fingerprint density at radius 3 is 2.48 bits per heavy atom. The highest BCUT2D eigenvalue weighted by Crippen LogP contribution is 2.31. The van der Waals surface area contributed by atoms with Gasteiger partial charge in [-0.25, -0.2) is 13.4 Å². The number of nitrogens with zero attached hydrogens (tertiary/aromatic N) is 4. The van der Waals surface area contributed by atoms with Crippen LogP contribution in [0.25, 0.3) is 16.6 Å². The summed E-state index contributed by atoms with van der Waals surface area (Å²) in [6, 6.07) is 12.6. The molecule has 1 aliphatic carbocycles. The van der Waals surface area contributed by atoms with Gasteiger partial charge in [0.05, 0.1) is 10.4 Å². The van der Waals surface area contributed by atoms with E-state index < -0.39 is 9.84 Å². The van der Waals surface area contributed by atoms with Crippen molar-refractivity contribution in [3.05, 3.63) is 53.1 Å². The predicted molar refractivity (Wildman–Crippen MR) is 130 cm³/mol. The molecule has 1 N–H and O–H groups in total. The van der Waals surface area contributed by atoms with Gasteiger partial charge in [0, 0.05) is 16.5 Å². The second-order valence-electron chi connectivity index (χ2n) is 8.59. The predicted octanol–water partition coefficient (Wildman–Crippen LogP) is 5.46. The Labute approximate surface area is 198 Å². The van der Waals surface area contributed by atoms with E-state index in [0.29, 0.717) is 16.4 Å².